The number of H-pyrrole nitrogens is 1. The van der Waals surface area contributed by atoms with E-state index >= 15 is 0 Å². The molecule has 3 aromatic heterocycles. The molecular formula is C26H21N7O6S2. The Kier molecular flexibility index (Phi) is 8.66. The van der Waals surface area contributed by atoms with E-state index in [9.17, 15) is 19.7 Å². The summed E-state index contributed by atoms with van der Waals surface area (Å²) in [6, 6.07) is 16.1. The fraction of sp³-hybridized carbons (Fsp3) is 0.115. The van der Waals surface area contributed by atoms with Gasteiger partial charge in [0.25, 0.3) is 11.6 Å². The molecule has 41 heavy (non-hydrogen) atoms. The number of nitro groups is 1. The molecule has 3 heterocycles. The first-order valence-electron chi connectivity index (χ1n) is 12.0. The van der Waals surface area contributed by atoms with Gasteiger partial charge in [0, 0.05) is 30.4 Å². The minimum absolute atomic E-state index is 0.00215. The number of fused-ring (bicyclic) bond motifs is 1. The van der Waals surface area contributed by atoms with Gasteiger partial charge in [-0.25, -0.2) is 20.2 Å². The number of carbonyl (C=O) groups excluding carboxylic acids is 2. The summed E-state index contributed by atoms with van der Waals surface area (Å²) in [5, 5.41) is 18.0. The lowest BCUT2D eigenvalue weighted by molar-refractivity contribution is -0.384. The van der Waals surface area contributed by atoms with Gasteiger partial charge in [-0.15, -0.1) is 11.3 Å². The first kappa shape index (κ1) is 27.5. The third-order valence-electron chi connectivity index (χ3n) is 5.52. The molecule has 2 aromatic carbocycles. The molecule has 0 spiro atoms. The number of furan rings is 1. The molecule has 3 N–H and O–H groups in total. The van der Waals surface area contributed by atoms with Crippen LogP contribution in [0.1, 0.15) is 17.0 Å². The van der Waals surface area contributed by atoms with Crippen molar-refractivity contribution in [2.75, 3.05) is 0 Å². The zero-order valence-corrected chi connectivity index (χ0v) is 22.7. The van der Waals surface area contributed by atoms with E-state index in [1.54, 1.807) is 24.4 Å². The van der Waals surface area contributed by atoms with Crippen LogP contribution in [0.3, 0.4) is 0 Å². The van der Waals surface area contributed by atoms with E-state index in [-0.39, 0.29) is 18.7 Å². The van der Waals surface area contributed by atoms with Crippen LogP contribution >= 0.6 is 23.1 Å². The van der Waals surface area contributed by atoms with Crippen molar-refractivity contribution < 1.29 is 23.7 Å². The van der Waals surface area contributed by atoms with E-state index in [4.69, 9.17) is 9.15 Å². The van der Waals surface area contributed by atoms with Gasteiger partial charge in [0.2, 0.25) is 0 Å². The highest BCUT2D eigenvalue weighted by atomic mass is 32.2. The minimum atomic E-state index is -0.992. The maximum atomic E-state index is 12.9. The predicted octanol–water partition coefficient (Wildman–Crippen LogP) is 4.66. The number of nitrogens with zero attached hydrogens (tertiary/aromatic N) is 4. The van der Waals surface area contributed by atoms with E-state index in [0.29, 0.717) is 31.1 Å². The number of aromatic amines is 1. The summed E-state index contributed by atoms with van der Waals surface area (Å²) in [5.74, 6) is -0.206. The highest BCUT2D eigenvalue weighted by Crippen LogP contribution is 2.36. The molecule has 5 rings (SSSR count). The molecule has 5 aromatic rings. The van der Waals surface area contributed by atoms with Gasteiger partial charge in [-0.05, 0) is 35.5 Å². The molecule has 0 aliphatic heterocycles. The molecule has 0 saturated heterocycles. The molecule has 0 bridgehead atoms. The van der Waals surface area contributed by atoms with E-state index in [1.807, 2.05) is 30.3 Å². The van der Waals surface area contributed by atoms with Crippen molar-refractivity contribution >= 4 is 57.2 Å². The number of carbonyl (C=O) groups is 2. The summed E-state index contributed by atoms with van der Waals surface area (Å²) in [6.07, 6.45) is 3.73. The Hall–Kier alpha value is -5.02. The number of benzene rings is 2. The van der Waals surface area contributed by atoms with Crippen LogP contribution in [0.4, 0.5) is 10.5 Å². The van der Waals surface area contributed by atoms with Crippen LogP contribution in [0, 0.1) is 10.1 Å². The van der Waals surface area contributed by atoms with Crippen LogP contribution in [-0.2, 0) is 22.6 Å². The third-order valence-corrected chi connectivity index (χ3v) is 7.52. The van der Waals surface area contributed by atoms with Crippen molar-refractivity contribution in [1.29, 1.82) is 0 Å². The van der Waals surface area contributed by atoms with E-state index in [1.165, 1.54) is 47.8 Å². The lowest BCUT2D eigenvalue weighted by Crippen LogP contribution is -2.47. The summed E-state index contributed by atoms with van der Waals surface area (Å²) in [4.78, 5) is 47.1. The fourth-order valence-corrected chi connectivity index (χ4v) is 5.57. The Balaban J connectivity index is 1.17. The second-order valence-corrected chi connectivity index (χ2v) is 10.7. The van der Waals surface area contributed by atoms with E-state index in [0.717, 1.165) is 5.56 Å². The normalized spacial score (nSPS) is 11.9. The molecule has 15 heteroatoms. The standard InChI is InChI=1S/C26H21N7O6S2/c34-24(21(10-17-12-27-15-28-17)30-25(35)38-14-16-4-2-1-3-5-16)32-29-13-19-7-9-23(39-19)41-26-31-20-8-6-18(33(36)37)11-22(20)40-26/h1-9,11-13,15,21H,10,14H2,(H,27,28)(H,30,35)(H,32,34)/b29-13-/t21-/m0/s1. The molecule has 208 valence electrons. The van der Waals surface area contributed by atoms with Gasteiger partial charge in [-0.3, -0.25) is 14.9 Å². The second-order valence-electron chi connectivity index (χ2n) is 8.42. The van der Waals surface area contributed by atoms with Gasteiger partial charge in [0.15, 0.2) is 9.43 Å². The van der Waals surface area contributed by atoms with Gasteiger partial charge >= 0.3 is 6.09 Å². The Morgan fingerprint density at radius 1 is 1.22 bits per heavy atom. The van der Waals surface area contributed by atoms with Gasteiger partial charge in [-0.1, -0.05) is 30.3 Å². The SMILES string of the molecule is O=C(N[C@@H](Cc1cnc[nH]1)C(=O)N/N=C\c1ccc(Sc2nc3ccc([N+](=O)[O-])cc3s2)o1)OCc1ccccc1. The number of nitro benzene ring substituents is 1. The van der Waals surface area contributed by atoms with Crippen LogP contribution in [0.15, 0.2) is 92.1 Å². The predicted molar refractivity (Wildman–Crippen MR) is 151 cm³/mol. The number of amides is 2. The van der Waals surface area contributed by atoms with Gasteiger partial charge in [0.05, 0.1) is 27.7 Å². The maximum Gasteiger partial charge on any atom is 0.408 e. The molecular weight excluding hydrogens is 570 g/mol. The molecule has 0 fully saturated rings. The van der Waals surface area contributed by atoms with Crippen LogP contribution < -0.4 is 10.7 Å². The minimum Gasteiger partial charge on any atom is -0.448 e. The average Bonchev–Trinajstić information content (AvgIpc) is 3.73. The topological polar surface area (TPSA) is 178 Å². The molecule has 0 aliphatic rings. The first-order chi connectivity index (χ1) is 19.9. The number of alkyl carbamates (subject to hydrolysis) is 1. The van der Waals surface area contributed by atoms with Crippen molar-refractivity contribution in [3.05, 3.63) is 100 Å². The smallest absolute Gasteiger partial charge is 0.408 e. The van der Waals surface area contributed by atoms with Crippen LogP contribution in [0.2, 0.25) is 0 Å². The van der Waals surface area contributed by atoms with Crippen molar-refractivity contribution in [3.63, 3.8) is 0 Å². The average molecular weight is 592 g/mol. The van der Waals surface area contributed by atoms with E-state index < -0.39 is 23.0 Å². The zero-order valence-electron chi connectivity index (χ0n) is 21.1. The third kappa shape index (κ3) is 7.55. The summed E-state index contributed by atoms with van der Waals surface area (Å²) in [6.45, 7) is 0.0546. The second kappa shape index (κ2) is 12.9. The fourth-order valence-electron chi connectivity index (χ4n) is 3.56. The number of rotatable bonds is 11. The molecule has 0 radical (unpaired) electrons. The molecule has 1 atom stereocenters. The van der Waals surface area contributed by atoms with Gasteiger partial charge < -0.3 is 19.5 Å². The monoisotopic (exact) mass is 591 g/mol. The van der Waals surface area contributed by atoms with Crippen molar-refractivity contribution in [2.24, 2.45) is 5.10 Å². The van der Waals surface area contributed by atoms with Crippen molar-refractivity contribution in [1.82, 2.24) is 25.7 Å². The number of thiazole rings is 1. The zero-order chi connectivity index (χ0) is 28.6. The number of non-ortho nitro benzene ring substituents is 1. The summed E-state index contributed by atoms with van der Waals surface area (Å²) in [5.41, 5.74) is 4.51. The number of aromatic nitrogens is 3. The first-order valence-corrected chi connectivity index (χ1v) is 13.7. The largest absolute Gasteiger partial charge is 0.448 e. The Labute approximate surface area is 240 Å². The van der Waals surface area contributed by atoms with Gasteiger partial charge in [-0.2, -0.15) is 5.10 Å². The quantitative estimate of drug-likeness (QED) is 0.112. The highest BCUT2D eigenvalue weighted by Gasteiger charge is 2.22. The summed E-state index contributed by atoms with van der Waals surface area (Å²) < 4.78 is 12.3. The van der Waals surface area contributed by atoms with Crippen LogP contribution in [0.5, 0.6) is 0 Å². The van der Waals surface area contributed by atoms with Gasteiger partial charge in [0.1, 0.15) is 18.4 Å². The Morgan fingerprint density at radius 3 is 2.85 bits per heavy atom. The Morgan fingerprint density at radius 2 is 2.07 bits per heavy atom. The molecule has 2 amide bonds. The lowest BCUT2D eigenvalue weighted by atomic mass is 10.1. The van der Waals surface area contributed by atoms with Crippen LogP contribution in [0.25, 0.3) is 10.2 Å². The number of ether oxygens (including phenoxy) is 1. The number of nitrogens with one attached hydrogen (secondary N) is 3. The number of imidazole rings is 1. The maximum absolute atomic E-state index is 12.9. The molecule has 0 unspecified atom stereocenters. The number of hydrogen-bond acceptors (Lipinski definition) is 11. The highest BCUT2D eigenvalue weighted by molar-refractivity contribution is 8.01. The van der Waals surface area contributed by atoms with E-state index in [2.05, 4.69) is 30.8 Å². The number of hydrazone groups is 1. The molecule has 0 aliphatic carbocycles. The van der Waals surface area contributed by atoms with Crippen molar-refractivity contribution in [2.45, 2.75) is 28.5 Å². The molecule has 13 nitrogen and oxygen atoms in total. The Bertz CT molecular complexity index is 1680. The van der Waals surface area contributed by atoms with Crippen LogP contribution in [-0.4, -0.2) is 44.1 Å². The van der Waals surface area contributed by atoms with Crippen molar-refractivity contribution in [3.8, 4) is 0 Å². The summed E-state index contributed by atoms with van der Waals surface area (Å²) in [7, 11) is 0. The number of hydrogen-bond donors (Lipinski definition) is 3. The summed E-state index contributed by atoms with van der Waals surface area (Å²) >= 11 is 2.57. The lowest BCUT2D eigenvalue weighted by Gasteiger charge is -2.16. The molecule has 0 saturated carbocycles.